The van der Waals surface area contributed by atoms with Crippen LogP contribution in [0.3, 0.4) is 0 Å². The number of hydrogen-bond donors (Lipinski definition) is 1. The van der Waals surface area contributed by atoms with E-state index >= 15 is 0 Å². The van der Waals surface area contributed by atoms with Crippen LogP contribution in [-0.2, 0) is 0 Å². The molecule has 0 amide bonds. The van der Waals surface area contributed by atoms with Gasteiger partial charge in [-0.25, -0.2) is 8.78 Å². The van der Waals surface area contributed by atoms with Crippen molar-refractivity contribution in [3.63, 3.8) is 0 Å². The number of non-ortho nitro benzene ring substituents is 1. The molecule has 4 nitrogen and oxygen atoms in total. The molecule has 1 N–H and O–H groups in total. The lowest BCUT2D eigenvalue weighted by atomic mass is 9.98. The van der Waals surface area contributed by atoms with Crippen molar-refractivity contribution in [2.24, 2.45) is 0 Å². The highest BCUT2D eigenvalue weighted by molar-refractivity contribution is 5.52. The summed E-state index contributed by atoms with van der Waals surface area (Å²) in [5, 5.41) is 14.0. The number of hydrogen-bond acceptors (Lipinski definition) is 3. The van der Waals surface area contributed by atoms with E-state index in [2.05, 4.69) is 5.32 Å². The van der Waals surface area contributed by atoms with E-state index in [9.17, 15) is 18.9 Å². The van der Waals surface area contributed by atoms with E-state index in [1.54, 1.807) is 36.4 Å². The van der Waals surface area contributed by atoms with Crippen LogP contribution in [0.25, 0.3) is 0 Å². The molecule has 0 unspecified atom stereocenters. The van der Waals surface area contributed by atoms with Crippen molar-refractivity contribution in [3.8, 4) is 0 Å². The molecule has 0 aliphatic carbocycles. The van der Waals surface area contributed by atoms with Gasteiger partial charge in [-0.05, 0) is 47.5 Å². The van der Waals surface area contributed by atoms with Crippen LogP contribution in [0.15, 0.2) is 72.8 Å². The van der Waals surface area contributed by atoms with E-state index in [0.717, 1.165) is 11.1 Å². The molecule has 0 aromatic heterocycles. The fourth-order valence-corrected chi connectivity index (χ4v) is 2.52. The van der Waals surface area contributed by atoms with Crippen LogP contribution in [0.4, 0.5) is 20.2 Å². The molecule has 0 radical (unpaired) electrons. The Morgan fingerprint density at radius 1 is 0.760 bits per heavy atom. The third kappa shape index (κ3) is 3.98. The summed E-state index contributed by atoms with van der Waals surface area (Å²) in [6.45, 7) is 0. The zero-order valence-corrected chi connectivity index (χ0v) is 13.0. The van der Waals surface area contributed by atoms with Gasteiger partial charge in [0.05, 0.1) is 11.0 Å². The van der Waals surface area contributed by atoms with Gasteiger partial charge in [-0.2, -0.15) is 0 Å². The van der Waals surface area contributed by atoms with Crippen molar-refractivity contribution >= 4 is 11.4 Å². The molecule has 3 aromatic carbocycles. The highest BCUT2D eigenvalue weighted by Gasteiger charge is 2.15. The molecule has 0 aliphatic rings. The Balaban J connectivity index is 1.94. The number of nitro benzene ring substituents is 1. The van der Waals surface area contributed by atoms with Gasteiger partial charge in [-0.15, -0.1) is 0 Å². The minimum Gasteiger partial charge on any atom is -0.374 e. The molecule has 126 valence electrons. The Hall–Kier alpha value is -3.28. The number of anilines is 1. The normalized spacial score (nSPS) is 10.7. The molecule has 0 aliphatic heterocycles. The van der Waals surface area contributed by atoms with Crippen LogP contribution in [0.1, 0.15) is 17.2 Å². The SMILES string of the molecule is O=[N+]([O-])c1ccc(NC(c2ccc(F)cc2)c2ccc(F)cc2)cc1. The van der Waals surface area contributed by atoms with E-state index < -0.39 is 4.92 Å². The van der Waals surface area contributed by atoms with Crippen LogP contribution < -0.4 is 5.32 Å². The van der Waals surface area contributed by atoms with Gasteiger partial charge in [0.15, 0.2) is 0 Å². The highest BCUT2D eigenvalue weighted by Crippen LogP contribution is 2.28. The first kappa shape index (κ1) is 16.6. The van der Waals surface area contributed by atoms with Crippen molar-refractivity contribution in [2.45, 2.75) is 6.04 Å². The molecule has 0 atom stereocenters. The smallest absolute Gasteiger partial charge is 0.269 e. The number of nitrogens with zero attached hydrogens (tertiary/aromatic N) is 1. The molecule has 0 spiro atoms. The van der Waals surface area contributed by atoms with Crippen molar-refractivity contribution in [2.75, 3.05) is 5.32 Å². The molecular formula is C19H14F2N2O2. The van der Waals surface area contributed by atoms with E-state index in [-0.39, 0.29) is 23.4 Å². The zero-order valence-electron chi connectivity index (χ0n) is 13.0. The second kappa shape index (κ2) is 7.09. The van der Waals surface area contributed by atoms with Crippen LogP contribution in [0.5, 0.6) is 0 Å². The molecule has 0 saturated carbocycles. The summed E-state index contributed by atoms with van der Waals surface area (Å²) in [6, 6.07) is 17.6. The summed E-state index contributed by atoms with van der Waals surface area (Å²) in [5.41, 5.74) is 2.22. The lowest BCUT2D eigenvalue weighted by Crippen LogP contribution is -2.12. The topological polar surface area (TPSA) is 55.2 Å². The maximum Gasteiger partial charge on any atom is 0.269 e. The monoisotopic (exact) mass is 340 g/mol. The summed E-state index contributed by atoms with van der Waals surface area (Å²) in [7, 11) is 0. The lowest BCUT2D eigenvalue weighted by molar-refractivity contribution is -0.384. The van der Waals surface area contributed by atoms with E-state index in [4.69, 9.17) is 0 Å². The van der Waals surface area contributed by atoms with Crippen molar-refractivity contribution in [1.29, 1.82) is 0 Å². The minimum atomic E-state index is -0.471. The molecule has 3 rings (SSSR count). The Morgan fingerprint density at radius 3 is 1.60 bits per heavy atom. The zero-order chi connectivity index (χ0) is 17.8. The van der Waals surface area contributed by atoms with E-state index in [1.165, 1.54) is 36.4 Å². The van der Waals surface area contributed by atoms with Crippen molar-refractivity contribution in [1.82, 2.24) is 0 Å². The number of nitro groups is 1. The molecule has 0 fully saturated rings. The number of halogens is 2. The highest BCUT2D eigenvalue weighted by atomic mass is 19.1. The van der Waals surface area contributed by atoms with Crippen LogP contribution in [0.2, 0.25) is 0 Å². The standard InChI is InChI=1S/C19H14F2N2O2/c20-15-5-1-13(2-6-15)19(14-3-7-16(21)8-4-14)22-17-9-11-18(12-10-17)23(24)25/h1-12,19,22H. The Labute approximate surface area is 142 Å². The summed E-state index contributed by atoms with van der Waals surface area (Å²) in [5.74, 6) is -0.700. The summed E-state index contributed by atoms with van der Waals surface area (Å²) < 4.78 is 26.4. The summed E-state index contributed by atoms with van der Waals surface area (Å²) in [6.07, 6.45) is 0. The largest absolute Gasteiger partial charge is 0.374 e. The number of rotatable bonds is 5. The second-order valence-electron chi connectivity index (χ2n) is 5.48. The van der Waals surface area contributed by atoms with Crippen LogP contribution >= 0.6 is 0 Å². The Morgan fingerprint density at radius 2 is 1.20 bits per heavy atom. The predicted molar refractivity (Wildman–Crippen MR) is 91.4 cm³/mol. The van der Waals surface area contributed by atoms with Crippen LogP contribution in [-0.4, -0.2) is 4.92 Å². The van der Waals surface area contributed by atoms with Crippen molar-refractivity contribution in [3.05, 3.63) is 106 Å². The Bertz CT molecular complexity index is 818. The summed E-state index contributed by atoms with van der Waals surface area (Å²) >= 11 is 0. The van der Waals surface area contributed by atoms with Gasteiger partial charge in [0, 0.05) is 17.8 Å². The quantitative estimate of drug-likeness (QED) is 0.521. The molecule has 0 bridgehead atoms. The van der Waals surface area contributed by atoms with Gasteiger partial charge in [0.25, 0.3) is 5.69 Å². The maximum absolute atomic E-state index is 13.2. The van der Waals surface area contributed by atoms with Gasteiger partial charge in [-0.1, -0.05) is 24.3 Å². The first-order valence-electron chi connectivity index (χ1n) is 7.55. The maximum atomic E-state index is 13.2. The molecular weight excluding hydrogens is 326 g/mol. The molecule has 3 aromatic rings. The van der Waals surface area contributed by atoms with E-state index in [1.807, 2.05) is 0 Å². The second-order valence-corrected chi connectivity index (χ2v) is 5.48. The van der Waals surface area contributed by atoms with Gasteiger partial charge < -0.3 is 5.32 Å². The number of nitrogens with one attached hydrogen (secondary N) is 1. The Kier molecular flexibility index (Phi) is 4.70. The summed E-state index contributed by atoms with van der Waals surface area (Å²) in [4.78, 5) is 10.3. The first-order chi connectivity index (χ1) is 12.0. The third-order valence-electron chi connectivity index (χ3n) is 3.80. The molecule has 6 heteroatoms. The van der Waals surface area contributed by atoms with Gasteiger partial charge in [0.2, 0.25) is 0 Å². The van der Waals surface area contributed by atoms with Gasteiger partial charge >= 0.3 is 0 Å². The number of benzene rings is 3. The minimum absolute atomic E-state index is 0.00864. The molecule has 0 heterocycles. The van der Waals surface area contributed by atoms with E-state index in [0.29, 0.717) is 5.69 Å². The fraction of sp³-hybridized carbons (Fsp3) is 0.0526. The first-order valence-corrected chi connectivity index (χ1v) is 7.55. The molecule has 25 heavy (non-hydrogen) atoms. The fourth-order valence-electron chi connectivity index (χ4n) is 2.52. The average Bonchev–Trinajstić information content (AvgIpc) is 2.62. The van der Waals surface area contributed by atoms with Crippen LogP contribution in [0, 0.1) is 21.7 Å². The molecule has 0 saturated heterocycles. The van der Waals surface area contributed by atoms with Gasteiger partial charge in [-0.3, -0.25) is 10.1 Å². The predicted octanol–water partition coefficient (Wildman–Crippen LogP) is 5.07. The lowest BCUT2D eigenvalue weighted by Gasteiger charge is -2.21. The average molecular weight is 340 g/mol. The van der Waals surface area contributed by atoms with Gasteiger partial charge in [0.1, 0.15) is 11.6 Å². The third-order valence-corrected chi connectivity index (χ3v) is 3.80. The van der Waals surface area contributed by atoms with Crippen molar-refractivity contribution < 1.29 is 13.7 Å².